The van der Waals surface area contributed by atoms with Crippen molar-refractivity contribution < 1.29 is 53.6 Å². The Morgan fingerprint density at radius 1 is 0.711 bits per heavy atom. The van der Waals surface area contributed by atoms with Crippen LogP contribution in [0.2, 0.25) is 0 Å². The lowest BCUT2D eigenvalue weighted by atomic mass is 9.85. The average molecular weight is 535 g/mol. The summed E-state index contributed by atoms with van der Waals surface area (Å²) < 4.78 is 40.1. The first-order chi connectivity index (χ1) is 18.4. The highest BCUT2D eigenvalue weighted by Crippen LogP contribution is 2.51. The monoisotopic (exact) mass is 534 g/mol. The Balaban J connectivity index is 1.31. The molecule has 11 heteroatoms. The van der Waals surface area contributed by atoms with Crippen LogP contribution >= 0.6 is 0 Å². The van der Waals surface area contributed by atoms with Crippen LogP contribution in [0.4, 0.5) is 0 Å². The van der Waals surface area contributed by atoms with Gasteiger partial charge in [-0.25, -0.2) is 0 Å². The number of methoxy groups -OCH3 is 3. The van der Waals surface area contributed by atoms with Gasteiger partial charge in [0.25, 0.3) is 0 Å². The van der Waals surface area contributed by atoms with Gasteiger partial charge in [0.1, 0.15) is 24.4 Å². The highest BCUT2D eigenvalue weighted by Gasteiger charge is 2.49. The summed E-state index contributed by atoms with van der Waals surface area (Å²) in [5, 5.41) is 39.8. The first-order valence-corrected chi connectivity index (χ1v) is 12.5. The van der Waals surface area contributed by atoms with Crippen molar-refractivity contribution in [3.8, 4) is 23.0 Å². The maximum atomic E-state index is 10.3. The maximum absolute atomic E-state index is 10.3. The topological polar surface area (TPSA) is 146 Å². The molecule has 2 aromatic rings. The van der Waals surface area contributed by atoms with Gasteiger partial charge in [0.05, 0.1) is 53.4 Å². The van der Waals surface area contributed by atoms with E-state index in [-0.39, 0.29) is 29.8 Å². The third kappa shape index (κ3) is 4.79. The van der Waals surface area contributed by atoms with E-state index in [2.05, 4.69) is 0 Å². The van der Waals surface area contributed by atoms with Crippen molar-refractivity contribution in [2.45, 2.75) is 42.9 Å². The Hall–Kier alpha value is -2.64. The van der Waals surface area contributed by atoms with Gasteiger partial charge in [0.15, 0.2) is 23.0 Å². The summed E-state index contributed by atoms with van der Waals surface area (Å²) in [6, 6.07) is 11.1. The highest BCUT2D eigenvalue weighted by molar-refractivity contribution is 5.45. The van der Waals surface area contributed by atoms with Gasteiger partial charge in [0.2, 0.25) is 6.29 Å². The van der Waals surface area contributed by atoms with E-state index in [9.17, 15) is 20.4 Å². The molecule has 0 aromatic heterocycles. The Morgan fingerprint density at radius 2 is 1.24 bits per heavy atom. The van der Waals surface area contributed by atoms with Crippen LogP contribution in [0.3, 0.4) is 0 Å². The number of hydrogen-bond donors (Lipinski definition) is 4. The number of aliphatic hydroxyl groups is 4. The SMILES string of the molecule is COc1ccc([C@@H]2OCC3C2CO[C@@H]3c2ccc(OC3OC(CO)C(O)C(O)C3O)c(OC)c2)cc1OC. The van der Waals surface area contributed by atoms with E-state index in [1.165, 1.54) is 7.11 Å². The molecule has 3 aliphatic rings. The van der Waals surface area contributed by atoms with Gasteiger partial charge in [-0.15, -0.1) is 0 Å². The predicted octanol–water partition coefficient (Wildman–Crippen LogP) is 0.966. The average Bonchev–Trinajstić information content (AvgIpc) is 3.55. The molecule has 9 atom stereocenters. The third-order valence-corrected chi connectivity index (χ3v) is 7.61. The molecule has 208 valence electrons. The first kappa shape index (κ1) is 26.9. The molecule has 7 unspecified atom stereocenters. The van der Waals surface area contributed by atoms with Gasteiger partial charge in [-0.3, -0.25) is 0 Å². The summed E-state index contributed by atoms with van der Waals surface area (Å²) >= 11 is 0. The standard InChI is InChI=1S/C27H34O11/c1-32-17-6-4-13(8-19(17)33-2)25-15-11-36-26(16(15)12-35-25)14-5-7-18(20(9-14)34-3)37-27-24(31)23(30)22(29)21(10-28)38-27/h4-9,15-16,21-31H,10-12H2,1-3H3/t15?,16?,21?,22?,23?,24?,25-,26+,27?/m0/s1. The zero-order valence-corrected chi connectivity index (χ0v) is 21.4. The van der Waals surface area contributed by atoms with E-state index in [0.717, 1.165) is 11.1 Å². The molecule has 0 amide bonds. The van der Waals surface area contributed by atoms with E-state index < -0.39 is 37.3 Å². The minimum absolute atomic E-state index is 0.120. The lowest BCUT2D eigenvalue weighted by Gasteiger charge is -2.39. The Bertz CT molecular complexity index is 1110. The molecule has 0 saturated carbocycles. The Labute approximate surface area is 220 Å². The second-order valence-electron chi connectivity index (χ2n) is 9.68. The summed E-state index contributed by atoms with van der Waals surface area (Å²) in [6.07, 6.45) is -7.29. The molecule has 3 saturated heterocycles. The molecular weight excluding hydrogens is 500 g/mol. The van der Waals surface area contributed by atoms with Crippen molar-refractivity contribution in [2.75, 3.05) is 41.2 Å². The number of aliphatic hydroxyl groups excluding tert-OH is 4. The first-order valence-electron chi connectivity index (χ1n) is 12.5. The zero-order chi connectivity index (χ0) is 27.0. The second kappa shape index (κ2) is 11.2. The van der Waals surface area contributed by atoms with Crippen molar-refractivity contribution >= 4 is 0 Å². The van der Waals surface area contributed by atoms with Gasteiger partial charge < -0.3 is 53.6 Å². The second-order valence-corrected chi connectivity index (χ2v) is 9.68. The number of rotatable bonds is 8. The molecule has 0 bridgehead atoms. The largest absolute Gasteiger partial charge is 0.493 e. The molecule has 0 aliphatic carbocycles. The van der Waals surface area contributed by atoms with Gasteiger partial charge in [-0.05, 0) is 35.4 Å². The summed E-state index contributed by atoms with van der Waals surface area (Å²) in [5.74, 6) is 2.21. The summed E-state index contributed by atoms with van der Waals surface area (Å²) in [5.41, 5.74) is 1.88. The van der Waals surface area contributed by atoms with Crippen molar-refractivity contribution in [2.24, 2.45) is 11.8 Å². The van der Waals surface area contributed by atoms with E-state index in [0.29, 0.717) is 30.5 Å². The van der Waals surface area contributed by atoms with E-state index >= 15 is 0 Å². The smallest absolute Gasteiger partial charge is 0.229 e. The van der Waals surface area contributed by atoms with Crippen LogP contribution < -0.4 is 18.9 Å². The Kier molecular flexibility index (Phi) is 7.96. The molecule has 3 fully saturated rings. The molecule has 3 aliphatic heterocycles. The fraction of sp³-hybridized carbons (Fsp3) is 0.556. The molecule has 4 N–H and O–H groups in total. The Morgan fingerprint density at radius 3 is 1.76 bits per heavy atom. The number of fused-ring (bicyclic) bond motifs is 1. The normalized spacial score (nSPS) is 34.6. The van der Waals surface area contributed by atoms with Crippen LogP contribution in [0.5, 0.6) is 23.0 Å². The van der Waals surface area contributed by atoms with Crippen molar-refractivity contribution in [1.29, 1.82) is 0 Å². The zero-order valence-electron chi connectivity index (χ0n) is 21.4. The van der Waals surface area contributed by atoms with Crippen LogP contribution in [-0.4, -0.2) is 92.3 Å². The van der Waals surface area contributed by atoms with Gasteiger partial charge in [-0.1, -0.05) is 12.1 Å². The van der Waals surface area contributed by atoms with E-state index in [1.807, 2.05) is 24.3 Å². The van der Waals surface area contributed by atoms with Crippen molar-refractivity contribution in [1.82, 2.24) is 0 Å². The minimum atomic E-state index is -1.54. The fourth-order valence-corrected chi connectivity index (χ4v) is 5.51. The molecular formula is C27H34O11. The van der Waals surface area contributed by atoms with Gasteiger partial charge in [-0.2, -0.15) is 0 Å². The quantitative estimate of drug-likeness (QED) is 0.384. The molecule has 11 nitrogen and oxygen atoms in total. The van der Waals surface area contributed by atoms with Crippen LogP contribution in [0, 0.1) is 11.8 Å². The van der Waals surface area contributed by atoms with Crippen LogP contribution in [0.15, 0.2) is 36.4 Å². The van der Waals surface area contributed by atoms with Gasteiger partial charge in [0, 0.05) is 11.8 Å². The lowest BCUT2D eigenvalue weighted by Crippen LogP contribution is -2.60. The fourth-order valence-electron chi connectivity index (χ4n) is 5.51. The van der Waals surface area contributed by atoms with Crippen molar-refractivity contribution in [3.63, 3.8) is 0 Å². The van der Waals surface area contributed by atoms with Gasteiger partial charge >= 0.3 is 0 Å². The summed E-state index contributed by atoms with van der Waals surface area (Å²) in [7, 11) is 4.69. The lowest BCUT2D eigenvalue weighted by molar-refractivity contribution is -0.277. The third-order valence-electron chi connectivity index (χ3n) is 7.61. The van der Waals surface area contributed by atoms with E-state index in [1.54, 1.807) is 26.4 Å². The number of hydrogen-bond acceptors (Lipinski definition) is 11. The predicted molar refractivity (Wildman–Crippen MR) is 131 cm³/mol. The van der Waals surface area contributed by atoms with Crippen LogP contribution in [0.1, 0.15) is 23.3 Å². The van der Waals surface area contributed by atoms with Crippen LogP contribution in [-0.2, 0) is 14.2 Å². The molecule has 2 aromatic carbocycles. The summed E-state index contributed by atoms with van der Waals surface area (Å²) in [6.45, 7) is 0.508. The van der Waals surface area contributed by atoms with Crippen molar-refractivity contribution in [3.05, 3.63) is 47.5 Å². The number of ether oxygens (including phenoxy) is 7. The van der Waals surface area contributed by atoms with Crippen LogP contribution in [0.25, 0.3) is 0 Å². The van der Waals surface area contributed by atoms with E-state index in [4.69, 9.17) is 33.2 Å². The molecule has 38 heavy (non-hydrogen) atoms. The highest BCUT2D eigenvalue weighted by atomic mass is 16.7. The minimum Gasteiger partial charge on any atom is -0.493 e. The molecule has 3 heterocycles. The summed E-state index contributed by atoms with van der Waals surface area (Å²) in [4.78, 5) is 0. The number of benzene rings is 2. The molecule has 0 spiro atoms. The molecule has 5 rings (SSSR count). The molecule has 0 radical (unpaired) electrons. The maximum Gasteiger partial charge on any atom is 0.229 e.